The van der Waals surface area contributed by atoms with Gasteiger partial charge in [-0.2, -0.15) is 25.3 Å². The van der Waals surface area contributed by atoms with Crippen LogP contribution in [0.25, 0.3) is 0 Å². The molecule has 0 spiro atoms. The molecule has 0 radical (unpaired) electrons. The lowest BCUT2D eigenvalue weighted by Gasteiger charge is -2.27. The van der Waals surface area contributed by atoms with Gasteiger partial charge in [0.1, 0.15) is 30.2 Å². The fourth-order valence-corrected chi connectivity index (χ4v) is 6.33. The van der Waals surface area contributed by atoms with Crippen molar-refractivity contribution in [1.29, 1.82) is 0 Å². The number of carbonyl (C=O) groups excluding carboxylic acids is 7. The fraction of sp³-hybridized carbons (Fsp3) is 0.500. The molecule has 0 saturated heterocycles. The second-order valence-electron chi connectivity index (χ2n) is 14.4. The van der Waals surface area contributed by atoms with E-state index in [9.17, 15) is 53.7 Å². The maximum atomic E-state index is 13.6. The van der Waals surface area contributed by atoms with Gasteiger partial charge in [-0.3, -0.25) is 33.6 Å². The molecule has 342 valence electrons. The first-order valence-electron chi connectivity index (χ1n) is 19.8. The molecule has 0 aromatic heterocycles. The molecule has 0 heterocycles. The number of aliphatic hydroxyl groups is 2. The largest absolute Gasteiger partial charge is 0.480 e. The Balaban J connectivity index is 2.16. The molecule has 14 N–H and O–H groups in total. The zero-order chi connectivity index (χ0) is 46.4. The molecule has 62 heavy (non-hydrogen) atoms. The van der Waals surface area contributed by atoms with Crippen LogP contribution in [0.1, 0.15) is 44.2 Å². The summed E-state index contributed by atoms with van der Waals surface area (Å²) in [5.74, 6) is -7.92. The fourth-order valence-electron chi connectivity index (χ4n) is 5.82. The maximum absolute atomic E-state index is 13.6. The van der Waals surface area contributed by atoms with Crippen molar-refractivity contribution >= 4 is 72.6 Å². The minimum Gasteiger partial charge on any atom is -0.480 e. The smallest absolute Gasteiger partial charge is 0.328 e. The normalized spacial score (nSPS) is 15.4. The Hall–Kier alpha value is -5.26. The van der Waals surface area contributed by atoms with Gasteiger partial charge in [-0.05, 0) is 57.2 Å². The predicted octanol–water partition coefficient (Wildman–Crippen LogP) is -3.34. The van der Waals surface area contributed by atoms with Crippen LogP contribution in [-0.2, 0) is 51.2 Å². The number of carboxylic acids is 1. The Morgan fingerprint density at radius 1 is 0.581 bits per heavy atom. The van der Waals surface area contributed by atoms with Gasteiger partial charge in [-0.1, -0.05) is 60.7 Å². The SMILES string of the molecule is C[C@@H](O)[C@H](NC(=O)[C@H](CS)NC(=O)[C@@H](NC(=O)[C@H](CCCCN)NC(=O)CNC(=O)[C@H](Cc1ccccc1)NC(=O)[C@H](CS)NC(=O)[C@H](N)Cc1ccccc1)[C@@H](C)O)C(=O)O. The lowest BCUT2D eigenvalue weighted by molar-refractivity contribution is -0.145. The number of thiol groups is 2. The Bertz CT molecular complexity index is 1790. The zero-order valence-electron chi connectivity index (χ0n) is 34.5. The van der Waals surface area contributed by atoms with E-state index in [2.05, 4.69) is 62.5 Å². The summed E-state index contributed by atoms with van der Waals surface area (Å²) in [7, 11) is 0. The molecule has 0 saturated carbocycles. The molecule has 0 aliphatic rings. The summed E-state index contributed by atoms with van der Waals surface area (Å²) >= 11 is 8.25. The van der Waals surface area contributed by atoms with Crippen LogP contribution in [0, 0.1) is 0 Å². The van der Waals surface area contributed by atoms with E-state index in [1.165, 1.54) is 6.92 Å². The van der Waals surface area contributed by atoms with Gasteiger partial charge in [0.25, 0.3) is 0 Å². The highest BCUT2D eigenvalue weighted by atomic mass is 32.1. The number of rotatable bonds is 27. The molecule has 22 heteroatoms. The monoisotopic (exact) mass is 905 g/mol. The van der Waals surface area contributed by atoms with Crippen LogP contribution in [0.3, 0.4) is 0 Å². The summed E-state index contributed by atoms with van der Waals surface area (Å²) in [5, 5.41) is 46.3. The van der Waals surface area contributed by atoms with Crippen molar-refractivity contribution in [2.24, 2.45) is 11.5 Å². The summed E-state index contributed by atoms with van der Waals surface area (Å²) in [6.07, 6.45) is -2.01. The lowest BCUT2D eigenvalue weighted by Crippen LogP contribution is -2.61. The standard InChI is InChI=1S/C40H59N9O11S2/c1-22(50)32(39(58)47-30(21-62)38(57)49-33(23(2)51)40(59)60)48-36(55)27(15-9-10-16-41)44-31(52)19-43-35(54)28(18-25-13-7-4-8-14-25)45-37(56)29(20-61)46-34(53)26(42)17-24-11-5-3-6-12-24/h3-8,11-14,22-23,26-30,32-33,50-51,61-62H,9-10,15-21,41-42H2,1-2H3,(H,43,54)(H,44,52)(H,45,56)(H,46,53)(H,47,58)(H,48,55)(H,49,57)(H,59,60)/t22-,23-,26-,27+,28+,29+,30+,32+,33+/m1/s1. The Kier molecular flexibility index (Phi) is 23.6. The Labute approximate surface area is 370 Å². The number of nitrogens with two attached hydrogens (primary N) is 2. The van der Waals surface area contributed by atoms with E-state index in [1.54, 1.807) is 42.5 Å². The van der Waals surface area contributed by atoms with Crippen LogP contribution in [0.15, 0.2) is 60.7 Å². The van der Waals surface area contributed by atoms with Gasteiger partial charge in [0.05, 0.1) is 24.8 Å². The highest BCUT2D eigenvalue weighted by Crippen LogP contribution is 2.08. The Morgan fingerprint density at radius 2 is 1.05 bits per heavy atom. The summed E-state index contributed by atoms with van der Waals surface area (Å²) in [6.45, 7) is 1.92. The number of benzene rings is 2. The van der Waals surface area contributed by atoms with Crippen LogP contribution in [0.2, 0.25) is 0 Å². The second kappa shape index (κ2) is 27.6. The summed E-state index contributed by atoms with van der Waals surface area (Å²) in [5.41, 5.74) is 13.2. The number of carboxylic acid groups (broad SMARTS) is 1. The number of unbranched alkanes of at least 4 members (excludes halogenated alkanes) is 1. The Morgan fingerprint density at radius 3 is 1.55 bits per heavy atom. The first kappa shape index (κ1) is 52.9. The van der Waals surface area contributed by atoms with Crippen molar-refractivity contribution in [3.05, 3.63) is 71.8 Å². The van der Waals surface area contributed by atoms with Crippen molar-refractivity contribution in [1.82, 2.24) is 37.2 Å². The molecule has 2 aromatic rings. The van der Waals surface area contributed by atoms with Crippen molar-refractivity contribution in [2.45, 2.75) is 100 Å². The molecule has 9 atom stereocenters. The zero-order valence-corrected chi connectivity index (χ0v) is 36.3. The molecule has 0 bridgehead atoms. The van der Waals surface area contributed by atoms with Gasteiger partial charge >= 0.3 is 5.97 Å². The highest BCUT2D eigenvalue weighted by Gasteiger charge is 2.34. The van der Waals surface area contributed by atoms with Gasteiger partial charge in [0.2, 0.25) is 41.4 Å². The van der Waals surface area contributed by atoms with Crippen molar-refractivity contribution in [3.8, 4) is 0 Å². The maximum Gasteiger partial charge on any atom is 0.328 e. The molecule has 0 aliphatic carbocycles. The van der Waals surface area contributed by atoms with Crippen LogP contribution in [0.5, 0.6) is 0 Å². The van der Waals surface area contributed by atoms with Gasteiger partial charge in [-0.15, -0.1) is 0 Å². The van der Waals surface area contributed by atoms with Gasteiger partial charge in [0, 0.05) is 17.9 Å². The number of nitrogens with one attached hydrogen (secondary N) is 7. The van der Waals surface area contributed by atoms with Gasteiger partial charge in [0.15, 0.2) is 6.04 Å². The van der Waals surface area contributed by atoms with E-state index in [0.717, 1.165) is 12.5 Å². The predicted molar refractivity (Wildman–Crippen MR) is 234 cm³/mol. The van der Waals surface area contributed by atoms with Crippen molar-refractivity contribution < 1.29 is 53.7 Å². The molecule has 2 rings (SSSR count). The number of carbonyl (C=O) groups is 8. The quantitative estimate of drug-likeness (QED) is 0.0309. The summed E-state index contributed by atoms with van der Waals surface area (Å²) < 4.78 is 0. The van der Waals surface area contributed by atoms with E-state index in [0.29, 0.717) is 18.4 Å². The van der Waals surface area contributed by atoms with E-state index in [-0.39, 0.29) is 37.3 Å². The van der Waals surface area contributed by atoms with E-state index < -0.39 is 108 Å². The van der Waals surface area contributed by atoms with Gasteiger partial charge in [-0.25, -0.2) is 4.79 Å². The van der Waals surface area contributed by atoms with E-state index >= 15 is 0 Å². The minimum atomic E-state index is -1.70. The lowest BCUT2D eigenvalue weighted by atomic mass is 10.0. The number of amides is 7. The number of hydrogen-bond donors (Lipinski definition) is 14. The third kappa shape index (κ3) is 18.4. The number of aliphatic hydroxyl groups excluding tert-OH is 2. The molecular weight excluding hydrogens is 847 g/mol. The topological polar surface area (TPSA) is 334 Å². The third-order valence-corrected chi connectivity index (χ3v) is 10.0. The first-order valence-corrected chi connectivity index (χ1v) is 21.1. The van der Waals surface area contributed by atoms with Crippen LogP contribution < -0.4 is 48.7 Å². The molecule has 0 aliphatic heterocycles. The minimum absolute atomic E-state index is 0.00978. The summed E-state index contributed by atoms with van der Waals surface area (Å²) in [6, 6.07) is 8.20. The second-order valence-corrected chi connectivity index (χ2v) is 15.2. The number of aliphatic carboxylic acids is 1. The van der Waals surface area contributed by atoms with Crippen LogP contribution in [-0.4, -0.2) is 142 Å². The molecule has 7 amide bonds. The molecular formula is C40H59N9O11S2. The third-order valence-electron chi connectivity index (χ3n) is 9.31. The first-order chi connectivity index (χ1) is 29.4. The molecule has 20 nitrogen and oxygen atoms in total. The molecule has 0 unspecified atom stereocenters. The van der Waals surface area contributed by atoms with Crippen LogP contribution >= 0.6 is 25.3 Å². The van der Waals surface area contributed by atoms with E-state index in [1.807, 2.05) is 18.2 Å². The summed E-state index contributed by atoms with van der Waals surface area (Å²) in [4.78, 5) is 104. The average molecular weight is 906 g/mol. The van der Waals surface area contributed by atoms with E-state index in [4.69, 9.17) is 11.5 Å². The highest BCUT2D eigenvalue weighted by molar-refractivity contribution is 7.80. The van der Waals surface area contributed by atoms with Gasteiger partial charge < -0.3 is 64.0 Å². The molecule has 2 aromatic carbocycles. The average Bonchev–Trinajstić information content (AvgIpc) is 3.24. The molecule has 0 fully saturated rings. The van der Waals surface area contributed by atoms with Crippen LogP contribution in [0.4, 0.5) is 0 Å². The van der Waals surface area contributed by atoms with Crippen molar-refractivity contribution in [2.75, 3.05) is 24.6 Å². The van der Waals surface area contributed by atoms with Crippen molar-refractivity contribution in [3.63, 3.8) is 0 Å². The number of hydrogen-bond acceptors (Lipinski definition) is 14.